The molecule has 0 aromatic heterocycles. The van der Waals surface area contributed by atoms with E-state index in [1.165, 1.54) is 0 Å². The lowest BCUT2D eigenvalue weighted by Crippen LogP contribution is -2.52. The largest absolute Gasteiger partial charge is 0.497 e. The van der Waals surface area contributed by atoms with Gasteiger partial charge in [-0.3, -0.25) is 0 Å². The molecule has 1 fully saturated rings. The van der Waals surface area contributed by atoms with E-state index in [2.05, 4.69) is 5.32 Å². The van der Waals surface area contributed by atoms with E-state index in [4.69, 9.17) is 14.2 Å². The molecule has 0 bridgehead atoms. The summed E-state index contributed by atoms with van der Waals surface area (Å²) in [4.78, 5) is 0. The molecule has 1 heterocycles. The molecule has 0 aliphatic carbocycles. The van der Waals surface area contributed by atoms with Crippen LogP contribution in [-0.2, 0) is 10.3 Å². The summed E-state index contributed by atoms with van der Waals surface area (Å²) in [6, 6.07) is 15.7. The van der Waals surface area contributed by atoms with Crippen LogP contribution in [0.2, 0.25) is 0 Å². The third-order valence-corrected chi connectivity index (χ3v) is 4.84. The van der Waals surface area contributed by atoms with Crippen LogP contribution in [0.1, 0.15) is 17.0 Å². The first-order valence-electron chi connectivity index (χ1n) is 8.48. The fourth-order valence-electron chi connectivity index (χ4n) is 3.57. The summed E-state index contributed by atoms with van der Waals surface area (Å²) < 4.78 is 17.4. The molecule has 25 heavy (non-hydrogen) atoms. The second-order valence-corrected chi connectivity index (χ2v) is 6.13. The molecule has 134 valence electrons. The highest BCUT2D eigenvalue weighted by atomic mass is 16.5. The number of methoxy groups -OCH3 is 2. The third kappa shape index (κ3) is 3.35. The number of aliphatic hydroxyl groups excluding tert-OH is 1. The van der Waals surface area contributed by atoms with Crippen molar-refractivity contribution < 1.29 is 19.3 Å². The number of hydrogen-bond donors (Lipinski definition) is 2. The topological polar surface area (TPSA) is 60.0 Å². The second-order valence-electron chi connectivity index (χ2n) is 6.13. The smallest absolute Gasteiger partial charge is 0.125 e. The average Bonchev–Trinajstić information content (AvgIpc) is 2.69. The van der Waals surface area contributed by atoms with Gasteiger partial charge >= 0.3 is 0 Å². The van der Waals surface area contributed by atoms with Gasteiger partial charge in [0, 0.05) is 24.6 Å². The summed E-state index contributed by atoms with van der Waals surface area (Å²) in [7, 11) is 3.28. The fraction of sp³-hybridized carbons (Fsp3) is 0.400. The Hall–Kier alpha value is -2.08. The van der Waals surface area contributed by atoms with Gasteiger partial charge in [-0.1, -0.05) is 30.3 Å². The highest BCUT2D eigenvalue weighted by Gasteiger charge is 2.45. The average molecular weight is 343 g/mol. The highest BCUT2D eigenvalue weighted by molar-refractivity contribution is 5.47. The Balaban J connectivity index is 2.16. The first-order chi connectivity index (χ1) is 12.2. The maximum Gasteiger partial charge on any atom is 0.125 e. The Morgan fingerprint density at radius 1 is 1.16 bits per heavy atom. The van der Waals surface area contributed by atoms with Crippen molar-refractivity contribution in [2.75, 3.05) is 40.5 Å². The SMILES string of the molecule is COc1ccc(OC)c(C2(C(CO)c3ccccc3)CNCCO2)c1. The number of nitrogens with one attached hydrogen (secondary N) is 1. The minimum Gasteiger partial charge on any atom is -0.497 e. The van der Waals surface area contributed by atoms with E-state index in [0.29, 0.717) is 13.2 Å². The maximum atomic E-state index is 10.3. The lowest BCUT2D eigenvalue weighted by Gasteiger charge is -2.44. The Morgan fingerprint density at radius 2 is 1.96 bits per heavy atom. The molecule has 2 aromatic carbocycles. The summed E-state index contributed by atoms with van der Waals surface area (Å²) in [5, 5.41) is 13.7. The van der Waals surface area contributed by atoms with Crippen LogP contribution in [0.3, 0.4) is 0 Å². The molecule has 1 aliphatic heterocycles. The summed E-state index contributed by atoms with van der Waals surface area (Å²) in [6.07, 6.45) is 0. The van der Waals surface area contributed by atoms with E-state index in [-0.39, 0.29) is 12.5 Å². The first kappa shape index (κ1) is 17.7. The van der Waals surface area contributed by atoms with E-state index in [1.54, 1.807) is 14.2 Å². The van der Waals surface area contributed by atoms with E-state index in [0.717, 1.165) is 29.2 Å². The quantitative estimate of drug-likeness (QED) is 0.843. The van der Waals surface area contributed by atoms with Crippen LogP contribution < -0.4 is 14.8 Å². The predicted octanol–water partition coefficient (Wildman–Crippen LogP) is 2.29. The molecule has 2 atom stereocenters. The minimum atomic E-state index is -0.742. The van der Waals surface area contributed by atoms with Crippen molar-refractivity contribution >= 4 is 0 Å². The van der Waals surface area contributed by atoms with Crippen molar-refractivity contribution in [1.82, 2.24) is 5.32 Å². The zero-order chi connectivity index (χ0) is 17.7. The van der Waals surface area contributed by atoms with Crippen molar-refractivity contribution in [2.45, 2.75) is 11.5 Å². The molecule has 3 rings (SSSR count). The third-order valence-electron chi connectivity index (χ3n) is 4.84. The van der Waals surface area contributed by atoms with Crippen molar-refractivity contribution in [2.24, 2.45) is 0 Å². The molecule has 1 aliphatic rings. The summed E-state index contributed by atoms with van der Waals surface area (Å²) in [5.41, 5.74) is 1.16. The molecule has 0 spiro atoms. The first-order valence-corrected chi connectivity index (χ1v) is 8.48. The Morgan fingerprint density at radius 3 is 2.56 bits per heavy atom. The Bertz CT molecular complexity index is 683. The van der Waals surface area contributed by atoms with Gasteiger partial charge in [0.1, 0.15) is 17.1 Å². The normalized spacial score (nSPS) is 21.6. The molecule has 5 heteroatoms. The minimum absolute atomic E-state index is 0.0357. The van der Waals surface area contributed by atoms with Crippen LogP contribution in [0.4, 0.5) is 0 Å². The van der Waals surface area contributed by atoms with E-state index >= 15 is 0 Å². The van der Waals surface area contributed by atoms with Crippen LogP contribution in [0.25, 0.3) is 0 Å². The molecule has 1 saturated heterocycles. The van der Waals surface area contributed by atoms with Crippen LogP contribution in [0, 0.1) is 0 Å². The number of benzene rings is 2. The van der Waals surface area contributed by atoms with Gasteiger partial charge in [0.15, 0.2) is 0 Å². The standard InChI is InChI=1S/C20H25NO4/c1-23-16-8-9-19(24-2)17(12-16)20(14-21-10-11-25-20)18(13-22)15-6-4-3-5-7-15/h3-9,12,18,21-22H,10-11,13-14H2,1-2H3. The van der Waals surface area contributed by atoms with E-state index < -0.39 is 5.60 Å². The summed E-state index contributed by atoms with van der Waals surface area (Å²) >= 11 is 0. The highest BCUT2D eigenvalue weighted by Crippen LogP contribution is 2.45. The maximum absolute atomic E-state index is 10.3. The lowest BCUT2D eigenvalue weighted by atomic mass is 9.76. The molecule has 0 radical (unpaired) electrons. The second kappa shape index (κ2) is 7.87. The molecule has 2 unspecified atom stereocenters. The van der Waals surface area contributed by atoms with E-state index in [9.17, 15) is 5.11 Å². The van der Waals surface area contributed by atoms with Crippen LogP contribution in [0.5, 0.6) is 11.5 Å². The zero-order valence-corrected chi connectivity index (χ0v) is 14.7. The number of rotatable bonds is 6. The van der Waals surface area contributed by atoms with E-state index in [1.807, 2.05) is 48.5 Å². The van der Waals surface area contributed by atoms with Gasteiger partial charge in [-0.2, -0.15) is 0 Å². The van der Waals surface area contributed by atoms with Crippen molar-refractivity contribution in [1.29, 1.82) is 0 Å². The van der Waals surface area contributed by atoms with Gasteiger partial charge in [-0.25, -0.2) is 0 Å². The van der Waals surface area contributed by atoms with Gasteiger partial charge in [0.05, 0.1) is 27.4 Å². The van der Waals surface area contributed by atoms with Gasteiger partial charge in [0.25, 0.3) is 0 Å². The zero-order valence-electron chi connectivity index (χ0n) is 14.7. The van der Waals surface area contributed by atoms with Gasteiger partial charge in [-0.05, 0) is 23.8 Å². The monoisotopic (exact) mass is 343 g/mol. The van der Waals surface area contributed by atoms with Crippen LogP contribution in [-0.4, -0.2) is 45.6 Å². The number of ether oxygens (including phenoxy) is 3. The number of hydrogen-bond acceptors (Lipinski definition) is 5. The van der Waals surface area contributed by atoms with Crippen molar-refractivity contribution in [3.05, 3.63) is 59.7 Å². The molecule has 2 aromatic rings. The molecule has 5 nitrogen and oxygen atoms in total. The molecular weight excluding hydrogens is 318 g/mol. The number of morpholine rings is 1. The Kier molecular flexibility index (Phi) is 5.58. The van der Waals surface area contributed by atoms with Gasteiger partial charge in [0.2, 0.25) is 0 Å². The molecule has 0 amide bonds. The molecular formula is C20H25NO4. The van der Waals surface area contributed by atoms with Crippen molar-refractivity contribution in [3.8, 4) is 11.5 Å². The lowest BCUT2D eigenvalue weighted by molar-refractivity contribution is -0.100. The fourth-order valence-corrected chi connectivity index (χ4v) is 3.57. The Labute approximate surface area is 148 Å². The predicted molar refractivity (Wildman–Crippen MR) is 96.3 cm³/mol. The van der Waals surface area contributed by atoms with Crippen molar-refractivity contribution in [3.63, 3.8) is 0 Å². The summed E-state index contributed by atoms with van der Waals surface area (Å²) in [6.45, 7) is 1.88. The molecule has 0 saturated carbocycles. The van der Waals surface area contributed by atoms with Crippen LogP contribution in [0.15, 0.2) is 48.5 Å². The molecule has 2 N–H and O–H groups in total. The van der Waals surface area contributed by atoms with Gasteiger partial charge < -0.3 is 24.6 Å². The van der Waals surface area contributed by atoms with Gasteiger partial charge in [-0.15, -0.1) is 0 Å². The number of aliphatic hydroxyl groups is 1. The van der Waals surface area contributed by atoms with Crippen LogP contribution >= 0.6 is 0 Å². The summed E-state index contributed by atoms with van der Waals surface area (Å²) in [5.74, 6) is 1.22.